The average molecular weight is 332 g/mol. The quantitative estimate of drug-likeness (QED) is 0.843. The summed E-state index contributed by atoms with van der Waals surface area (Å²) in [5.74, 6) is -0.509. The van der Waals surface area contributed by atoms with Crippen molar-refractivity contribution >= 4 is 23.0 Å². The molecule has 0 aliphatic heterocycles. The van der Waals surface area contributed by atoms with E-state index in [1.165, 1.54) is 7.11 Å². The molecule has 2 aromatic rings. The summed E-state index contributed by atoms with van der Waals surface area (Å²) in [7, 11) is 1.30. The third-order valence-corrected chi connectivity index (χ3v) is 3.61. The SMILES string of the molecule is COC(=O)[C@@H](Cc1c(C)[nH]c2ccccc12)NC(=O)OC(C)(C)C. The number of carbonyl (C=O) groups excluding carboxylic acids is 2. The van der Waals surface area contributed by atoms with Crippen LogP contribution in [0.4, 0.5) is 4.79 Å². The minimum absolute atomic E-state index is 0.321. The molecule has 0 saturated heterocycles. The van der Waals surface area contributed by atoms with Crippen molar-refractivity contribution in [2.75, 3.05) is 7.11 Å². The molecule has 0 aliphatic carbocycles. The van der Waals surface area contributed by atoms with Gasteiger partial charge in [0.25, 0.3) is 0 Å². The molecular weight excluding hydrogens is 308 g/mol. The van der Waals surface area contributed by atoms with Gasteiger partial charge in [-0.25, -0.2) is 9.59 Å². The molecule has 0 radical (unpaired) electrons. The zero-order chi connectivity index (χ0) is 17.9. The minimum Gasteiger partial charge on any atom is -0.467 e. The van der Waals surface area contributed by atoms with Gasteiger partial charge in [-0.3, -0.25) is 0 Å². The van der Waals surface area contributed by atoms with Gasteiger partial charge in [0.1, 0.15) is 11.6 Å². The maximum Gasteiger partial charge on any atom is 0.408 e. The zero-order valence-corrected chi connectivity index (χ0v) is 14.7. The highest BCUT2D eigenvalue weighted by Crippen LogP contribution is 2.23. The Bertz CT molecular complexity index is 743. The van der Waals surface area contributed by atoms with E-state index in [2.05, 4.69) is 10.3 Å². The van der Waals surface area contributed by atoms with Gasteiger partial charge in [-0.05, 0) is 39.3 Å². The third kappa shape index (κ3) is 4.28. The van der Waals surface area contributed by atoms with Gasteiger partial charge < -0.3 is 19.8 Å². The zero-order valence-electron chi connectivity index (χ0n) is 14.7. The van der Waals surface area contributed by atoms with Crippen LogP contribution in [-0.2, 0) is 20.7 Å². The highest BCUT2D eigenvalue weighted by molar-refractivity contribution is 5.87. The van der Waals surface area contributed by atoms with E-state index in [1.807, 2.05) is 31.2 Å². The van der Waals surface area contributed by atoms with Crippen molar-refractivity contribution in [3.8, 4) is 0 Å². The van der Waals surface area contributed by atoms with E-state index in [-0.39, 0.29) is 0 Å². The van der Waals surface area contributed by atoms with Crippen LogP contribution in [0, 0.1) is 6.92 Å². The molecule has 24 heavy (non-hydrogen) atoms. The van der Waals surface area contributed by atoms with E-state index in [1.54, 1.807) is 20.8 Å². The Morgan fingerprint density at radius 2 is 1.92 bits per heavy atom. The van der Waals surface area contributed by atoms with Crippen LogP contribution >= 0.6 is 0 Å². The standard InChI is InChI=1S/C18H24N2O4/c1-11-13(12-8-6-7-9-14(12)19-11)10-15(16(21)23-5)20-17(22)24-18(2,3)4/h6-9,15,19H,10H2,1-5H3,(H,20,22)/t15-/m1/s1. The third-order valence-electron chi connectivity index (χ3n) is 3.61. The van der Waals surface area contributed by atoms with Crippen molar-refractivity contribution in [1.29, 1.82) is 0 Å². The van der Waals surface area contributed by atoms with Crippen molar-refractivity contribution < 1.29 is 19.1 Å². The molecule has 130 valence electrons. The normalized spacial score (nSPS) is 12.7. The number of methoxy groups -OCH3 is 1. The smallest absolute Gasteiger partial charge is 0.408 e. The van der Waals surface area contributed by atoms with Gasteiger partial charge in [-0.1, -0.05) is 18.2 Å². The molecule has 1 heterocycles. The molecule has 6 heteroatoms. The van der Waals surface area contributed by atoms with Crippen molar-refractivity contribution in [3.05, 3.63) is 35.5 Å². The first kappa shape index (κ1) is 17.8. The van der Waals surface area contributed by atoms with Crippen LogP contribution in [0.2, 0.25) is 0 Å². The van der Waals surface area contributed by atoms with Crippen LogP contribution in [-0.4, -0.2) is 35.8 Å². The average Bonchev–Trinajstić information content (AvgIpc) is 2.80. The van der Waals surface area contributed by atoms with E-state index in [9.17, 15) is 9.59 Å². The Balaban J connectivity index is 2.24. The largest absolute Gasteiger partial charge is 0.467 e. The molecule has 0 saturated carbocycles. The molecule has 2 rings (SSSR count). The number of hydrogen-bond donors (Lipinski definition) is 2. The second-order valence-electron chi connectivity index (χ2n) is 6.70. The number of carbonyl (C=O) groups is 2. The fourth-order valence-corrected chi connectivity index (χ4v) is 2.59. The predicted molar refractivity (Wildman–Crippen MR) is 91.9 cm³/mol. The molecule has 1 atom stereocenters. The van der Waals surface area contributed by atoms with Gasteiger partial charge in [0.15, 0.2) is 0 Å². The number of benzene rings is 1. The first-order valence-corrected chi connectivity index (χ1v) is 7.85. The monoisotopic (exact) mass is 332 g/mol. The molecule has 0 aliphatic rings. The Kier molecular flexibility index (Phi) is 5.17. The number of alkyl carbamates (subject to hydrolysis) is 1. The number of amides is 1. The second-order valence-corrected chi connectivity index (χ2v) is 6.70. The van der Waals surface area contributed by atoms with Crippen molar-refractivity contribution in [2.24, 2.45) is 0 Å². The fraction of sp³-hybridized carbons (Fsp3) is 0.444. The number of aromatic amines is 1. The first-order chi connectivity index (χ1) is 11.2. The van der Waals surface area contributed by atoms with E-state index in [0.29, 0.717) is 6.42 Å². The van der Waals surface area contributed by atoms with Gasteiger partial charge >= 0.3 is 12.1 Å². The van der Waals surface area contributed by atoms with Crippen molar-refractivity contribution in [1.82, 2.24) is 10.3 Å². The Labute approximate surface area is 141 Å². The van der Waals surface area contributed by atoms with Crippen molar-refractivity contribution in [2.45, 2.75) is 45.8 Å². The second kappa shape index (κ2) is 6.95. The van der Waals surface area contributed by atoms with Gasteiger partial charge in [0.2, 0.25) is 0 Å². The Morgan fingerprint density at radius 3 is 2.54 bits per heavy atom. The van der Waals surface area contributed by atoms with Crippen LogP contribution in [0.5, 0.6) is 0 Å². The molecule has 1 amide bonds. The van der Waals surface area contributed by atoms with E-state index < -0.39 is 23.7 Å². The lowest BCUT2D eigenvalue weighted by Gasteiger charge is -2.22. The van der Waals surface area contributed by atoms with Gasteiger partial charge in [-0.15, -0.1) is 0 Å². The number of nitrogens with one attached hydrogen (secondary N) is 2. The van der Waals surface area contributed by atoms with Crippen LogP contribution in [0.1, 0.15) is 32.0 Å². The highest BCUT2D eigenvalue weighted by atomic mass is 16.6. The summed E-state index contributed by atoms with van der Waals surface area (Å²) >= 11 is 0. The molecule has 0 unspecified atom stereocenters. The molecule has 1 aromatic heterocycles. The van der Waals surface area contributed by atoms with Crippen LogP contribution in [0.3, 0.4) is 0 Å². The van der Waals surface area contributed by atoms with Gasteiger partial charge in [-0.2, -0.15) is 0 Å². The number of esters is 1. The first-order valence-electron chi connectivity index (χ1n) is 7.85. The maximum atomic E-state index is 12.1. The lowest BCUT2D eigenvalue weighted by Crippen LogP contribution is -2.45. The van der Waals surface area contributed by atoms with Gasteiger partial charge in [0, 0.05) is 23.0 Å². The number of aryl methyl sites for hydroxylation is 1. The topological polar surface area (TPSA) is 80.4 Å². The molecule has 0 fully saturated rings. The van der Waals surface area contributed by atoms with Crippen molar-refractivity contribution in [3.63, 3.8) is 0 Å². The summed E-state index contributed by atoms with van der Waals surface area (Å²) in [5.41, 5.74) is 2.28. The molecule has 6 nitrogen and oxygen atoms in total. The lowest BCUT2D eigenvalue weighted by atomic mass is 10.0. The summed E-state index contributed by atoms with van der Waals surface area (Å²) < 4.78 is 10.1. The summed E-state index contributed by atoms with van der Waals surface area (Å²) in [5, 5.41) is 3.63. The van der Waals surface area contributed by atoms with E-state index >= 15 is 0 Å². The Hall–Kier alpha value is -2.50. The molecule has 2 N–H and O–H groups in total. The highest BCUT2D eigenvalue weighted by Gasteiger charge is 2.26. The number of fused-ring (bicyclic) bond motifs is 1. The van der Waals surface area contributed by atoms with Crippen LogP contribution in [0.15, 0.2) is 24.3 Å². The Morgan fingerprint density at radius 1 is 1.25 bits per heavy atom. The number of aromatic nitrogens is 1. The number of rotatable bonds is 4. The predicted octanol–water partition coefficient (Wildman–Crippen LogP) is 3.09. The molecule has 1 aromatic carbocycles. The number of para-hydroxylation sites is 1. The number of ether oxygens (including phenoxy) is 2. The fourth-order valence-electron chi connectivity index (χ4n) is 2.59. The molecule has 0 spiro atoms. The summed E-state index contributed by atoms with van der Waals surface area (Å²) in [4.78, 5) is 27.4. The number of H-pyrrole nitrogens is 1. The summed E-state index contributed by atoms with van der Waals surface area (Å²) in [6.07, 6.45) is -0.322. The van der Waals surface area contributed by atoms with E-state index in [4.69, 9.17) is 9.47 Å². The van der Waals surface area contributed by atoms with Crippen LogP contribution < -0.4 is 5.32 Å². The number of hydrogen-bond acceptors (Lipinski definition) is 4. The minimum atomic E-state index is -0.817. The molecular formula is C18H24N2O4. The summed E-state index contributed by atoms with van der Waals surface area (Å²) in [6.45, 7) is 7.24. The molecule has 0 bridgehead atoms. The summed E-state index contributed by atoms with van der Waals surface area (Å²) in [6, 6.07) is 7.02. The van der Waals surface area contributed by atoms with Gasteiger partial charge in [0.05, 0.1) is 7.11 Å². The maximum absolute atomic E-state index is 12.1. The van der Waals surface area contributed by atoms with Crippen LogP contribution in [0.25, 0.3) is 10.9 Å². The van der Waals surface area contributed by atoms with E-state index in [0.717, 1.165) is 22.2 Å². The lowest BCUT2D eigenvalue weighted by molar-refractivity contribution is -0.143.